The van der Waals surface area contributed by atoms with Crippen LogP contribution in [0.3, 0.4) is 0 Å². The van der Waals surface area contributed by atoms with E-state index < -0.39 is 5.54 Å². The number of amides is 1. The molecule has 0 aliphatic heterocycles. The van der Waals surface area contributed by atoms with Crippen LogP contribution in [0.15, 0.2) is 0 Å². The van der Waals surface area contributed by atoms with Gasteiger partial charge in [0.1, 0.15) is 5.54 Å². The number of fused-ring (bicyclic) bond motifs is 1. The molecular weight excluding hydrogens is 224 g/mol. The van der Waals surface area contributed by atoms with Gasteiger partial charge in [0.05, 0.1) is 6.07 Å². The third-order valence-electron chi connectivity index (χ3n) is 5.24. The Morgan fingerprint density at radius 2 is 1.67 bits per heavy atom. The largest absolute Gasteiger partial charge is 0.338 e. The van der Waals surface area contributed by atoms with Gasteiger partial charge in [-0.2, -0.15) is 5.26 Å². The molecule has 0 aromatic heterocycles. The standard InChI is InChI=1S/C15H22N2O/c16-10-15(8-3-1-2-4-9-15)17-14(18)13-11-6-5-7-12(11)13/h11-13H,1-9H2,(H,17,18). The Bertz CT molecular complexity index is 366. The van der Waals surface area contributed by atoms with Gasteiger partial charge in [0.25, 0.3) is 0 Å². The molecule has 3 saturated carbocycles. The van der Waals surface area contributed by atoms with E-state index in [9.17, 15) is 10.1 Å². The van der Waals surface area contributed by atoms with Crippen LogP contribution in [0, 0.1) is 29.1 Å². The summed E-state index contributed by atoms with van der Waals surface area (Å²) in [4.78, 5) is 12.3. The van der Waals surface area contributed by atoms with Crippen molar-refractivity contribution in [3.63, 3.8) is 0 Å². The number of carbonyl (C=O) groups excluding carboxylic acids is 1. The molecule has 3 aliphatic rings. The van der Waals surface area contributed by atoms with Gasteiger partial charge < -0.3 is 5.32 Å². The molecule has 1 amide bonds. The minimum atomic E-state index is -0.551. The second-order valence-electron chi connectivity index (χ2n) is 6.38. The molecule has 3 rings (SSSR count). The van der Waals surface area contributed by atoms with Crippen LogP contribution in [0.2, 0.25) is 0 Å². The van der Waals surface area contributed by atoms with Gasteiger partial charge in [-0.1, -0.05) is 32.1 Å². The Balaban J connectivity index is 1.63. The normalized spacial score (nSPS) is 37.2. The molecule has 98 valence electrons. The first-order chi connectivity index (χ1) is 8.76. The van der Waals surface area contributed by atoms with Crippen molar-refractivity contribution in [2.24, 2.45) is 17.8 Å². The molecule has 0 saturated heterocycles. The van der Waals surface area contributed by atoms with Crippen molar-refractivity contribution in [1.82, 2.24) is 5.32 Å². The number of rotatable bonds is 2. The van der Waals surface area contributed by atoms with E-state index in [2.05, 4.69) is 11.4 Å². The quantitative estimate of drug-likeness (QED) is 0.762. The van der Waals surface area contributed by atoms with Gasteiger partial charge in [0.2, 0.25) is 5.91 Å². The number of nitriles is 1. The van der Waals surface area contributed by atoms with E-state index in [1.165, 1.54) is 32.1 Å². The Morgan fingerprint density at radius 3 is 2.22 bits per heavy atom. The van der Waals surface area contributed by atoms with Gasteiger partial charge in [0.15, 0.2) is 0 Å². The fraction of sp³-hybridized carbons (Fsp3) is 0.867. The van der Waals surface area contributed by atoms with Crippen molar-refractivity contribution in [3.05, 3.63) is 0 Å². The van der Waals surface area contributed by atoms with E-state index in [-0.39, 0.29) is 11.8 Å². The second kappa shape index (κ2) is 4.57. The summed E-state index contributed by atoms with van der Waals surface area (Å²) < 4.78 is 0. The average Bonchev–Trinajstić information content (AvgIpc) is 2.97. The maximum atomic E-state index is 12.3. The van der Waals surface area contributed by atoms with E-state index in [1.807, 2.05) is 0 Å². The molecule has 3 nitrogen and oxygen atoms in total. The van der Waals surface area contributed by atoms with Crippen molar-refractivity contribution >= 4 is 5.91 Å². The van der Waals surface area contributed by atoms with E-state index in [0.29, 0.717) is 11.8 Å². The number of nitrogens with one attached hydrogen (secondary N) is 1. The molecule has 0 heterocycles. The summed E-state index contributed by atoms with van der Waals surface area (Å²) in [7, 11) is 0. The average molecular weight is 246 g/mol. The van der Waals surface area contributed by atoms with Crippen LogP contribution in [0.25, 0.3) is 0 Å². The molecule has 3 fully saturated rings. The van der Waals surface area contributed by atoms with Crippen LogP contribution < -0.4 is 5.32 Å². The predicted octanol–water partition coefficient (Wildman–Crippen LogP) is 2.77. The highest BCUT2D eigenvalue weighted by atomic mass is 16.2. The van der Waals surface area contributed by atoms with E-state index in [1.54, 1.807) is 0 Å². The molecule has 18 heavy (non-hydrogen) atoms. The molecule has 0 bridgehead atoms. The highest BCUT2D eigenvalue weighted by Crippen LogP contribution is 2.57. The SMILES string of the molecule is N#CC1(NC(=O)C2C3CCCC32)CCCCCC1. The molecular formula is C15H22N2O. The van der Waals surface area contributed by atoms with E-state index in [0.717, 1.165) is 25.7 Å². The molecule has 3 heteroatoms. The Morgan fingerprint density at radius 1 is 1.06 bits per heavy atom. The third-order valence-corrected chi connectivity index (χ3v) is 5.24. The highest BCUT2D eigenvalue weighted by molar-refractivity contribution is 5.83. The van der Waals surface area contributed by atoms with E-state index in [4.69, 9.17) is 0 Å². The topological polar surface area (TPSA) is 52.9 Å². The van der Waals surface area contributed by atoms with Crippen LogP contribution in [0.4, 0.5) is 0 Å². The zero-order valence-electron chi connectivity index (χ0n) is 11.0. The van der Waals surface area contributed by atoms with Crippen LogP contribution in [-0.4, -0.2) is 11.4 Å². The second-order valence-corrected chi connectivity index (χ2v) is 6.38. The number of hydrogen-bond donors (Lipinski definition) is 1. The summed E-state index contributed by atoms with van der Waals surface area (Å²) >= 11 is 0. The minimum absolute atomic E-state index is 0.174. The van der Waals surface area contributed by atoms with Gasteiger partial charge in [-0.15, -0.1) is 0 Å². The van der Waals surface area contributed by atoms with Crippen molar-refractivity contribution < 1.29 is 4.79 Å². The Hall–Kier alpha value is -1.04. The fourth-order valence-corrected chi connectivity index (χ4v) is 4.13. The molecule has 0 radical (unpaired) electrons. The lowest BCUT2D eigenvalue weighted by molar-refractivity contribution is -0.124. The minimum Gasteiger partial charge on any atom is -0.338 e. The predicted molar refractivity (Wildman–Crippen MR) is 68.5 cm³/mol. The third kappa shape index (κ3) is 2.02. The van der Waals surface area contributed by atoms with Crippen molar-refractivity contribution in [2.45, 2.75) is 63.3 Å². The molecule has 2 atom stereocenters. The zero-order chi connectivity index (χ0) is 12.6. The number of carbonyl (C=O) groups is 1. The summed E-state index contributed by atoms with van der Waals surface area (Å²) in [5.74, 6) is 1.71. The lowest BCUT2D eigenvalue weighted by atomic mass is 9.91. The van der Waals surface area contributed by atoms with Crippen LogP contribution in [0.5, 0.6) is 0 Å². The smallest absolute Gasteiger partial charge is 0.224 e. The van der Waals surface area contributed by atoms with Gasteiger partial charge in [0, 0.05) is 5.92 Å². The molecule has 0 spiro atoms. The lowest BCUT2D eigenvalue weighted by Crippen LogP contribution is -2.48. The fourth-order valence-electron chi connectivity index (χ4n) is 4.13. The first-order valence-electron chi connectivity index (χ1n) is 7.49. The van der Waals surface area contributed by atoms with Crippen molar-refractivity contribution in [3.8, 4) is 6.07 Å². The first kappa shape index (κ1) is 12.0. The summed E-state index contributed by atoms with van der Waals surface area (Å²) in [6, 6.07) is 2.40. The summed E-state index contributed by atoms with van der Waals surface area (Å²) in [6.07, 6.45) is 9.99. The van der Waals surface area contributed by atoms with Crippen LogP contribution in [-0.2, 0) is 4.79 Å². The van der Waals surface area contributed by atoms with Crippen molar-refractivity contribution in [2.75, 3.05) is 0 Å². The highest BCUT2D eigenvalue weighted by Gasteiger charge is 2.57. The van der Waals surface area contributed by atoms with Gasteiger partial charge in [-0.3, -0.25) is 4.79 Å². The molecule has 0 aromatic carbocycles. The lowest BCUT2D eigenvalue weighted by Gasteiger charge is -2.26. The summed E-state index contributed by atoms with van der Waals surface area (Å²) in [5, 5.41) is 12.6. The number of nitrogens with zero attached hydrogens (tertiary/aromatic N) is 1. The van der Waals surface area contributed by atoms with Gasteiger partial charge in [-0.05, 0) is 37.5 Å². The molecule has 2 unspecified atom stereocenters. The monoisotopic (exact) mass is 246 g/mol. The van der Waals surface area contributed by atoms with Crippen LogP contribution in [0.1, 0.15) is 57.8 Å². The summed E-state index contributed by atoms with van der Waals surface area (Å²) in [5.41, 5.74) is -0.551. The maximum Gasteiger partial charge on any atom is 0.224 e. The summed E-state index contributed by atoms with van der Waals surface area (Å²) in [6.45, 7) is 0. The first-order valence-corrected chi connectivity index (χ1v) is 7.49. The number of hydrogen-bond acceptors (Lipinski definition) is 2. The Labute approximate surface area is 109 Å². The molecule has 1 N–H and O–H groups in total. The van der Waals surface area contributed by atoms with Crippen LogP contribution >= 0.6 is 0 Å². The Kier molecular flexibility index (Phi) is 3.05. The van der Waals surface area contributed by atoms with Gasteiger partial charge in [-0.25, -0.2) is 0 Å². The van der Waals surface area contributed by atoms with Gasteiger partial charge >= 0.3 is 0 Å². The van der Waals surface area contributed by atoms with E-state index >= 15 is 0 Å². The zero-order valence-corrected chi connectivity index (χ0v) is 11.0. The maximum absolute atomic E-state index is 12.3. The molecule has 0 aromatic rings. The van der Waals surface area contributed by atoms with Crippen molar-refractivity contribution in [1.29, 1.82) is 5.26 Å². The molecule has 3 aliphatic carbocycles.